The molecule has 0 amide bonds. The zero-order valence-corrected chi connectivity index (χ0v) is 23.4. The molecule has 2 saturated carbocycles. The summed E-state index contributed by atoms with van der Waals surface area (Å²) in [6.07, 6.45) is 13.3. The first-order valence-corrected chi connectivity index (χ1v) is 14.5. The van der Waals surface area contributed by atoms with Gasteiger partial charge in [-0.1, -0.05) is 43.3 Å². The molecule has 5 rings (SSSR count). The van der Waals surface area contributed by atoms with Gasteiger partial charge in [0.05, 0.1) is 6.61 Å². The lowest BCUT2D eigenvalue weighted by Gasteiger charge is -2.58. The van der Waals surface area contributed by atoms with E-state index in [0.717, 1.165) is 62.4 Å². The summed E-state index contributed by atoms with van der Waals surface area (Å²) in [7, 11) is 0. The van der Waals surface area contributed by atoms with Crippen LogP contribution in [0.15, 0.2) is 48.1 Å². The third-order valence-electron chi connectivity index (χ3n) is 10.6. The van der Waals surface area contributed by atoms with Gasteiger partial charge in [-0.25, -0.2) is 4.79 Å². The molecule has 4 aliphatic rings. The number of benzene rings is 1. The molecule has 6 nitrogen and oxygen atoms in total. The SMILES string of the molecule is CCOC(=O)O[C@]1(C(C)=O)CC[C@H]2[C@@H]3C=CC4=CC(=O)CC[C@@]4(C)[C@@H]3CC[C@@]21CCCc1ccc(C=O)cc1. The molecule has 0 saturated heterocycles. The maximum Gasteiger partial charge on any atom is 0.509 e. The molecule has 2 fully saturated rings. The minimum absolute atomic E-state index is 0.0523. The normalized spacial score (nSPS) is 34.8. The number of hydrogen-bond donors (Lipinski definition) is 0. The van der Waals surface area contributed by atoms with Gasteiger partial charge in [-0.05, 0) is 106 Å². The van der Waals surface area contributed by atoms with E-state index in [4.69, 9.17) is 9.47 Å². The summed E-state index contributed by atoms with van der Waals surface area (Å²) in [6, 6.07) is 7.64. The minimum atomic E-state index is -1.20. The zero-order valence-electron chi connectivity index (χ0n) is 23.4. The molecule has 0 N–H and O–H groups in total. The lowest BCUT2D eigenvalue weighted by atomic mass is 9.46. The van der Waals surface area contributed by atoms with Gasteiger partial charge >= 0.3 is 6.16 Å². The molecule has 0 bridgehead atoms. The van der Waals surface area contributed by atoms with Gasteiger partial charge in [-0.3, -0.25) is 14.4 Å². The molecule has 0 radical (unpaired) electrons. The van der Waals surface area contributed by atoms with Crippen molar-refractivity contribution >= 4 is 24.0 Å². The van der Waals surface area contributed by atoms with Crippen molar-refractivity contribution in [2.75, 3.05) is 6.61 Å². The summed E-state index contributed by atoms with van der Waals surface area (Å²) in [4.78, 5) is 49.6. The molecule has 39 heavy (non-hydrogen) atoms. The maximum absolute atomic E-state index is 13.5. The molecule has 6 heteroatoms. The Morgan fingerprint density at radius 1 is 1.08 bits per heavy atom. The summed E-state index contributed by atoms with van der Waals surface area (Å²) in [5.74, 6) is 0.950. The number of aryl methyl sites for hydroxylation is 1. The van der Waals surface area contributed by atoms with Gasteiger partial charge in [0.15, 0.2) is 17.2 Å². The van der Waals surface area contributed by atoms with Crippen LogP contribution >= 0.6 is 0 Å². The van der Waals surface area contributed by atoms with E-state index in [1.165, 1.54) is 0 Å². The molecular formula is C33H40O6. The summed E-state index contributed by atoms with van der Waals surface area (Å²) in [6.45, 7) is 5.81. The molecule has 6 atom stereocenters. The Morgan fingerprint density at radius 2 is 1.82 bits per heavy atom. The Morgan fingerprint density at radius 3 is 2.51 bits per heavy atom. The first-order valence-electron chi connectivity index (χ1n) is 14.5. The summed E-state index contributed by atoms with van der Waals surface area (Å²) in [5.41, 5.74) is 1.20. The molecule has 0 aliphatic heterocycles. The summed E-state index contributed by atoms with van der Waals surface area (Å²) in [5, 5.41) is 0. The van der Waals surface area contributed by atoms with Gasteiger partial charge in [0.1, 0.15) is 6.29 Å². The topological polar surface area (TPSA) is 86.7 Å². The van der Waals surface area contributed by atoms with Crippen LogP contribution in [0.25, 0.3) is 0 Å². The Balaban J connectivity index is 1.50. The number of ketones is 2. The van der Waals surface area contributed by atoms with Crippen molar-refractivity contribution in [2.24, 2.45) is 28.6 Å². The van der Waals surface area contributed by atoms with Crippen molar-refractivity contribution < 1.29 is 28.7 Å². The molecule has 1 aromatic rings. The molecular weight excluding hydrogens is 492 g/mol. The quantitative estimate of drug-likeness (QED) is 0.277. The molecule has 0 heterocycles. The number of ether oxygens (including phenoxy) is 2. The highest BCUT2D eigenvalue weighted by Gasteiger charge is 2.69. The molecule has 4 aliphatic carbocycles. The van der Waals surface area contributed by atoms with Crippen molar-refractivity contribution in [1.29, 1.82) is 0 Å². The number of allylic oxidation sites excluding steroid dienone is 4. The number of rotatable bonds is 8. The standard InChI is InChI=1S/C33H40O6/c1-4-38-30(37)39-33(22(2)35)19-15-29-27-12-11-25-20-26(36)13-17-31(25,3)28(27)14-18-32(29,33)16-5-6-23-7-9-24(21-34)10-8-23/h7-12,20-21,27-29H,4-6,13-19H2,1-3H3/t27-,28-,29+,31-,32+,33+/m1/s1. The lowest BCUT2D eigenvalue weighted by molar-refractivity contribution is -0.168. The van der Waals surface area contributed by atoms with Crippen molar-refractivity contribution in [2.45, 2.75) is 84.2 Å². The predicted octanol–water partition coefficient (Wildman–Crippen LogP) is 6.61. The van der Waals surface area contributed by atoms with Gasteiger partial charge in [0.2, 0.25) is 0 Å². The predicted molar refractivity (Wildman–Crippen MR) is 147 cm³/mol. The largest absolute Gasteiger partial charge is 0.509 e. The number of hydrogen-bond acceptors (Lipinski definition) is 6. The number of carbonyl (C=O) groups excluding carboxylic acids is 4. The third kappa shape index (κ3) is 4.50. The minimum Gasteiger partial charge on any atom is -0.435 e. The molecule has 0 aromatic heterocycles. The highest BCUT2D eigenvalue weighted by atomic mass is 16.7. The maximum atomic E-state index is 13.5. The van der Waals surface area contributed by atoms with Crippen molar-refractivity contribution in [3.05, 3.63) is 59.2 Å². The third-order valence-corrected chi connectivity index (χ3v) is 10.6. The van der Waals surface area contributed by atoms with Crippen LogP contribution in [-0.2, 0) is 25.5 Å². The van der Waals surface area contributed by atoms with Gasteiger partial charge in [0, 0.05) is 17.4 Å². The lowest BCUT2D eigenvalue weighted by Crippen LogP contribution is -2.59. The summed E-state index contributed by atoms with van der Waals surface area (Å²) < 4.78 is 11.3. The Hall–Kier alpha value is -3.02. The Labute approximate surface area is 231 Å². The number of Topliss-reactive ketones (excluding diaryl/α,β-unsaturated/α-hetero) is 1. The van der Waals surface area contributed by atoms with Crippen LogP contribution in [0.3, 0.4) is 0 Å². The van der Waals surface area contributed by atoms with Crippen LogP contribution in [0.5, 0.6) is 0 Å². The molecule has 0 spiro atoms. The van der Waals surface area contributed by atoms with Crippen LogP contribution < -0.4 is 0 Å². The molecule has 208 valence electrons. The molecule has 1 aromatic carbocycles. The van der Waals surface area contributed by atoms with Crippen molar-refractivity contribution in [3.63, 3.8) is 0 Å². The fourth-order valence-electron chi connectivity index (χ4n) is 8.74. The van der Waals surface area contributed by atoms with E-state index in [0.29, 0.717) is 24.3 Å². The van der Waals surface area contributed by atoms with Crippen molar-refractivity contribution in [3.8, 4) is 0 Å². The Kier molecular flexibility index (Phi) is 7.43. The van der Waals surface area contributed by atoms with E-state index in [1.807, 2.05) is 30.3 Å². The fraction of sp³-hybridized carbons (Fsp3) is 0.576. The Bertz CT molecular complexity index is 1210. The van der Waals surface area contributed by atoms with E-state index in [9.17, 15) is 19.2 Å². The average molecular weight is 533 g/mol. The van der Waals surface area contributed by atoms with E-state index in [2.05, 4.69) is 19.1 Å². The van der Waals surface area contributed by atoms with Gasteiger partial charge in [-0.2, -0.15) is 0 Å². The van der Waals surface area contributed by atoms with Gasteiger partial charge < -0.3 is 9.47 Å². The van der Waals surface area contributed by atoms with E-state index >= 15 is 0 Å². The highest BCUT2D eigenvalue weighted by Crippen LogP contribution is 2.68. The van der Waals surface area contributed by atoms with Crippen LogP contribution in [0.4, 0.5) is 4.79 Å². The van der Waals surface area contributed by atoms with Crippen molar-refractivity contribution in [1.82, 2.24) is 0 Å². The van der Waals surface area contributed by atoms with E-state index in [-0.39, 0.29) is 35.4 Å². The smallest absolute Gasteiger partial charge is 0.435 e. The number of aldehydes is 1. The van der Waals surface area contributed by atoms with Crippen LogP contribution in [0.2, 0.25) is 0 Å². The first-order chi connectivity index (χ1) is 18.7. The zero-order chi connectivity index (χ0) is 27.8. The second-order valence-corrected chi connectivity index (χ2v) is 12.2. The number of carbonyl (C=O) groups is 4. The van der Waals surface area contributed by atoms with Crippen LogP contribution in [0.1, 0.15) is 88.1 Å². The first kappa shape index (κ1) is 27.5. The van der Waals surface area contributed by atoms with E-state index < -0.39 is 17.2 Å². The number of fused-ring (bicyclic) bond motifs is 5. The van der Waals surface area contributed by atoms with Crippen LogP contribution in [0, 0.1) is 28.6 Å². The second kappa shape index (κ2) is 10.5. The second-order valence-electron chi connectivity index (χ2n) is 12.2. The van der Waals surface area contributed by atoms with Gasteiger partial charge in [-0.15, -0.1) is 0 Å². The average Bonchev–Trinajstić information content (AvgIpc) is 3.25. The monoisotopic (exact) mass is 532 g/mol. The van der Waals surface area contributed by atoms with Gasteiger partial charge in [0.25, 0.3) is 0 Å². The molecule has 0 unspecified atom stereocenters. The fourth-order valence-corrected chi connectivity index (χ4v) is 8.74. The van der Waals surface area contributed by atoms with Crippen LogP contribution in [-0.4, -0.2) is 36.2 Å². The summed E-state index contributed by atoms with van der Waals surface area (Å²) >= 11 is 0. The van der Waals surface area contributed by atoms with E-state index in [1.54, 1.807) is 13.8 Å². The highest BCUT2D eigenvalue weighted by molar-refractivity contribution is 5.92.